The lowest BCUT2D eigenvalue weighted by Crippen LogP contribution is -2.52. The van der Waals surface area contributed by atoms with E-state index in [2.05, 4.69) is 22.8 Å². The van der Waals surface area contributed by atoms with E-state index in [0.717, 1.165) is 27.4 Å². The van der Waals surface area contributed by atoms with Crippen LogP contribution in [-0.4, -0.2) is 29.4 Å². The zero-order chi connectivity index (χ0) is 25.5. The third-order valence-electron chi connectivity index (χ3n) is 5.72. The van der Waals surface area contributed by atoms with Crippen LogP contribution < -0.4 is 15.4 Å². The van der Waals surface area contributed by atoms with E-state index >= 15 is 0 Å². The molecule has 36 heavy (non-hydrogen) atoms. The Morgan fingerprint density at radius 2 is 1.53 bits per heavy atom. The first kappa shape index (κ1) is 25.1. The van der Waals surface area contributed by atoms with E-state index < -0.39 is 5.54 Å². The van der Waals surface area contributed by atoms with Crippen molar-refractivity contribution in [1.82, 2.24) is 10.3 Å². The van der Waals surface area contributed by atoms with E-state index in [1.54, 1.807) is 33.1 Å². The molecule has 0 unspecified atom stereocenters. The van der Waals surface area contributed by atoms with Gasteiger partial charge in [0.25, 0.3) is 5.91 Å². The molecule has 0 bridgehead atoms. The summed E-state index contributed by atoms with van der Waals surface area (Å²) in [5.41, 5.74) is 2.72. The van der Waals surface area contributed by atoms with Crippen molar-refractivity contribution in [2.45, 2.75) is 32.2 Å². The van der Waals surface area contributed by atoms with E-state index in [1.165, 1.54) is 16.9 Å². The number of nitrogens with one attached hydrogen (secondary N) is 2. The van der Waals surface area contributed by atoms with Gasteiger partial charge in [0.15, 0.2) is 5.13 Å². The molecule has 0 spiro atoms. The summed E-state index contributed by atoms with van der Waals surface area (Å²) in [7, 11) is 1.60. The van der Waals surface area contributed by atoms with E-state index in [1.807, 2.05) is 60.7 Å². The number of anilines is 1. The number of carbonyl (C=O) groups is 2. The van der Waals surface area contributed by atoms with Crippen molar-refractivity contribution < 1.29 is 14.3 Å². The van der Waals surface area contributed by atoms with Crippen LogP contribution >= 0.6 is 11.3 Å². The number of amides is 2. The summed E-state index contributed by atoms with van der Waals surface area (Å²) in [6, 6.07) is 27.4. The predicted molar refractivity (Wildman–Crippen MR) is 144 cm³/mol. The molecule has 4 rings (SSSR count). The lowest BCUT2D eigenvalue weighted by Gasteiger charge is -2.24. The number of methoxy groups -OCH3 is 1. The summed E-state index contributed by atoms with van der Waals surface area (Å²) < 4.78 is 5.16. The second kappa shape index (κ2) is 11.2. The molecule has 2 amide bonds. The van der Waals surface area contributed by atoms with Gasteiger partial charge in [0.2, 0.25) is 5.91 Å². The van der Waals surface area contributed by atoms with Crippen LogP contribution in [0.25, 0.3) is 11.3 Å². The summed E-state index contributed by atoms with van der Waals surface area (Å²) >= 11 is 1.45. The third kappa shape index (κ3) is 6.37. The molecule has 0 fully saturated rings. The summed E-state index contributed by atoms with van der Waals surface area (Å²) in [6.07, 6.45) is 0.873. The van der Waals surface area contributed by atoms with Crippen LogP contribution in [0.1, 0.15) is 29.9 Å². The Labute approximate surface area is 215 Å². The first-order chi connectivity index (χ1) is 17.3. The first-order valence-corrected chi connectivity index (χ1v) is 12.5. The molecule has 4 aromatic rings. The minimum absolute atomic E-state index is 0.164. The van der Waals surface area contributed by atoms with Crippen molar-refractivity contribution in [1.29, 1.82) is 0 Å². The second-order valence-corrected chi connectivity index (χ2v) is 10.1. The SMILES string of the molecule is COc1ccc(CC(=O)NC(C)(C)C(=O)Nc2nc(-c3ccccc3)c(Cc3ccccc3)s2)cc1. The molecular weight excluding hydrogens is 470 g/mol. The number of rotatable bonds is 9. The van der Waals surface area contributed by atoms with Gasteiger partial charge in [-0.05, 0) is 37.1 Å². The fourth-order valence-corrected chi connectivity index (χ4v) is 4.77. The van der Waals surface area contributed by atoms with E-state index in [-0.39, 0.29) is 18.2 Å². The molecule has 0 radical (unpaired) electrons. The van der Waals surface area contributed by atoms with Crippen molar-refractivity contribution in [3.8, 4) is 17.0 Å². The molecular formula is C29H29N3O3S. The highest BCUT2D eigenvalue weighted by atomic mass is 32.1. The summed E-state index contributed by atoms with van der Waals surface area (Å²) in [4.78, 5) is 31.6. The maximum atomic E-state index is 13.1. The van der Waals surface area contributed by atoms with Crippen LogP contribution in [0.3, 0.4) is 0 Å². The zero-order valence-electron chi connectivity index (χ0n) is 20.6. The van der Waals surface area contributed by atoms with Gasteiger partial charge in [-0.3, -0.25) is 14.9 Å². The van der Waals surface area contributed by atoms with Crippen molar-refractivity contribution in [2.75, 3.05) is 12.4 Å². The predicted octanol–water partition coefficient (Wildman–Crippen LogP) is 5.49. The van der Waals surface area contributed by atoms with Gasteiger partial charge in [-0.15, -0.1) is 11.3 Å². The average molecular weight is 500 g/mol. The number of hydrogen-bond donors (Lipinski definition) is 2. The van der Waals surface area contributed by atoms with Gasteiger partial charge in [0.05, 0.1) is 19.2 Å². The van der Waals surface area contributed by atoms with Gasteiger partial charge >= 0.3 is 0 Å². The Kier molecular flexibility index (Phi) is 7.80. The normalized spacial score (nSPS) is 11.1. The molecule has 0 saturated heterocycles. The second-order valence-electron chi connectivity index (χ2n) is 8.97. The molecule has 6 nitrogen and oxygen atoms in total. The number of carbonyl (C=O) groups excluding carboxylic acids is 2. The van der Waals surface area contributed by atoms with E-state index in [4.69, 9.17) is 9.72 Å². The molecule has 0 saturated carbocycles. The summed E-state index contributed by atoms with van der Waals surface area (Å²) in [5.74, 6) is 0.156. The molecule has 0 aliphatic heterocycles. The van der Waals surface area contributed by atoms with E-state index in [0.29, 0.717) is 11.6 Å². The van der Waals surface area contributed by atoms with Crippen LogP contribution in [0.5, 0.6) is 5.75 Å². The molecule has 184 valence electrons. The van der Waals surface area contributed by atoms with Gasteiger partial charge in [-0.1, -0.05) is 72.8 Å². The van der Waals surface area contributed by atoms with E-state index in [9.17, 15) is 9.59 Å². The molecule has 1 aromatic heterocycles. The lowest BCUT2D eigenvalue weighted by atomic mass is 10.0. The summed E-state index contributed by atoms with van der Waals surface area (Å²) in [6.45, 7) is 3.37. The Morgan fingerprint density at radius 3 is 2.17 bits per heavy atom. The standard InChI is InChI=1S/C29H29N3O3S/c1-29(2,32-25(33)19-21-14-16-23(35-3)17-15-21)27(34)31-28-30-26(22-12-8-5-9-13-22)24(36-28)18-20-10-6-4-7-11-20/h4-17H,18-19H2,1-3H3,(H,32,33)(H,30,31,34). The van der Waals surface area contributed by atoms with Crippen LogP contribution in [0, 0.1) is 0 Å². The number of benzene rings is 3. The highest BCUT2D eigenvalue weighted by Crippen LogP contribution is 2.33. The number of aromatic nitrogens is 1. The Hall–Kier alpha value is -3.97. The van der Waals surface area contributed by atoms with Gasteiger partial charge in [0.1, 0.15) is 11.3 Å². The fourth-order valence-electron chi connectivity index (χ4n) is 3.76. The van der Waals surface area contributed by atoms with Gasteiger partial charge in [-0.25, -0.2) is 4.98 Å². The lowest BCUT2D eigenvalue weighted by molar-refractivity contribution is -0.128. The van der Waals surface area contributed by atoms with Crippen LogP contribution in [0.2, 0.25) is 0 Å². The molecule has 2 N–H and O–H groups in total. The van der Waals surface area contributed by atoms with Crippen LogP contribution in [0.15, 0.2) is 84.9 Å². The number of nitrogens with zero attached hydrogens (tertiary/aromatic N) is 1. The van der Waals surface area contributed by atoms with Crippen molar-refractivity contribution in [3.63, 3.8) is 0 Å². The van der Waals surface area contributed by atoms with Crippen molar-refractivity contribution in [2.24, 2.45) is 0 Å². The maximum Gasteiger partial charge on any atom is 0.251 e. The minimum Gasteiger partial charge on any atom is -0.497 e. The monoisotopic (exact) mass is 499 g/mol. The first-order valence-electron chi connectivity index (χ1n) is 11.7. The number of thiazole rings is 1. The molecule has 0 aliphatic carbocycles. The van der Waals surface area contributed by atoms with Crippen molar-refractivity contribution in [3.05, 3.63) is 101 Å². The fraction of sp³-hybridized carbons (Fsp3) is 0.207. The van der Waals surface area contributed by atoms with Crippen LogP contribution in [0.4, 0.5) is 5.13 Å². The number of hydrogen-bond acceptors (Lipinski definition) is 5. The molecule has 1 heterocycles. The van der Waals surface area contributed by atoms with Gasteiger partial charge in [0, 0.05) is 16.9 Å². The molecule has 3 aromatic carbocycles. The largest absolute Gasteiger partial charge is 0.497 e. The Morgan fingerprint density at radius 1 is 0.889 bits per heavy atom. The summed E-state index contributed by atoms with van der Waals surface area (Å²) in [5, 5.41) is 6.26. The highest BCUT2D eigenvalue weighted by Gasteiger charge is 2.30. The molecule has 7 heteroatoms. The highest BCUT2D eigenvalue weighted by molar-refractivity contribution is 7.16. The van der Waals surface area contributed by atoms with Crippen molar-refractivity contribution >= 4 is 28.3 Å². The molecule has 0 atom stereocenters. The molecule has 0 aliphatic rings. The average Bonchev–Trinajstić information content (AvgIpc) is 3.27. The quantitative estimate of drug-likeness (QED) is 0.319. The zero-order valence-corrected chi connectivity index (χ0v) is 21.4. The third-order valence-corrected chi connectivity index (χ3v) is 6.69. The van der Waals surface area contributed by atoms with Gasteiger partial charge < -0.3 is 10.1 Å². The van der Waals surface area contributed by atoms with Gasteiger partial charge in [-0.2, -0.15) is 0 Å². The number of ether oxygens (including phenoxy) is 1. The Bertz CT molecular complexity index is 1320. The van der Waals surface area contributed by atoms with Crippen LogP contribution in [-0.2, 0) is 22.4 Å². The maximum absolute atomic E-state index is 13.1. The smallest absolute Gasteiger partial charge is 0.251 e. The Balaban J connectivity index is 1.47. The topological polar surface area (TPSA) is 80.3 Å². The minimum atomic E-state index is -1.12.